The van der Waals surface area contributed by atoms with Gasteiger partial charge in [0.15, 0.2) is 0 Å². The number of imide groups is 1. The van der Waals surface area contributed by atoms with Gasteiger partial charge < -0.3 is 15.5 Å². The summed E-state index contributed by atoms with van der Waals surface area (Å²) in [6.07, 6.45) is 0. The number of likely N-dealkylation sites (N-methyl/N-ethyl adjacent to an activating group) is 1. The minimum Gasteiger partial charge on any atom is -0.336 e. The maximum atomic E-state index is 11.8. The monoisotopic (exact) mass is 264 g/mol. The van der Waals surface area contributed by atoms with Crippen LogP contribution in [-0.2, 0) is 0 Å². The van der Waals surface area contributed by atoms with Crippen molar-refractivity contribution in [1.29, 1.82) is 0 Å². The minimum atomic E-state index is -0.464. The number of urea groups is 2. The average Bonchev–Trinajstić information content (AvgIpc) is 2.38. The van der Waals surface area contributed by atoms with E-state index in [2.05, 4.69) is 10.6 Å². The molecule has 0 bridgehead atoms. The van der Waals surface area contributed by atoms with E-state index < -0.39 is 12.1 Å². The zero-order valence-corrected chi connectivity index (χ0v) is 11.5. The summed E-state index contributed by atoms with van der Waals surface area (Å²) >= 11 is 0. The quantitative estimate of drug-likeness (QED) is 0.864. The number of hydrogen-bond donors (Lipinski definition) is 2. The number of para-hydroxylation sites is 1. The lowest BCUT2D eigenvalue weighted by Gasteiger charge is -2.18. The summed E-state index contributed by atoms with van der Waals surface area (Å²) in [5, 5.41) is 5.30. The van der Waals surface area contributed by atoms with Gasteiger partial charge in [-0.25, -0.2) is 14.5 Å². The first-order valence-electron chi connectivity index (χ1n) is 6.03. The van der Waals surface area contributed by atoms with Crippen molar-refractivity contribution in [3.8, 4) is 0 Å². The summed E-state index contributed by atoms with van der Waals surface area (Å²) in [7, 11) is 5.26. The van der Waals surface area contributed by atoms with Crippen molar-refractivity contribution in [2.24, 2.45) is 0 Å². The number of amides is 4. The van der Waals surface area contributed by atoms with Crippen LogP contribution in [0.5, 0.6) is 0 Å². The van der Waals surface area contributed by atoms with Crippen LogP contribution in [0.4, 0.5) is 15.3 Å². The lowest BCUT2D eigenvalue weighted by Crippen LogP contribution is -2.44. The Balaban J connectivity index is 2.41. The number of benzene rings is 1. The Morgan fingerprint density at radius 3 is 2.26 bits per heavy atom. The Kier molecular flexibility index (Phi) is 5.81. The molecule has 0 spiro atoms. The fourth-order valence-corrected chi connectivity index (χ4v) is 1.33. The van der Waals surface area contributed by atoms with Gasteiger partial charge in [0.1, 0.15) is 0 Å². The zero-order chi connectivity index (χ0) is 14.3. The molecule has 4 amide bonds. The lowest BCUT2D eigenvalue weighted by atomic mass is 10.3. The zero-order valence-electron chi connectivity index (χ0n) is 11.5. The molecule has 0 atom stereocenters. The third-order valence-electron chi connectivity index (χ3n) is 2.47. The van der Waals surface area contributed by atoms with E-state index >= 15 is 0 Å². The summed E-state index contributed by atoms with van der Waals surface area (Å²) in [6.45, 7) is 1.22. The lowest BCUT2D eigenvalue weighted by molar-refractivity contribution is 0.201. The summed E-state index contributed by atoms with van der Waals surface area (Å²) in [4.78, 5) is 26.5. The third-order valence-corrected chi connectivity index (χ3v) is 2.47. The van der Waals surface area contributed by atoms with Gasteiger partial charge in [0, 0.05) is 25.8 Å². The van der Waals surface area contributed by atoms with Crippen LogP contribution in [0, 0.1) is 0 Å². The van der Waals surface area contributed by atoms with Gasteiger partial charge in [-0.05, 0) is 26.2 Å². The summed E-state index contributed by atoms with van der Waals surface area (Å²) in [5.74, 6) is 0. The normalized spacial score (nSPS) is 10.1. The Bertz CT molecular complexity index is 420. The van der Waals surface area contributed by atoms with Crippen molar-refractivity contribution in [3.63, 3.8) is 0 Å². The van der Waals surface area contributed by atoms with Crippen LogP contribution in [-0.4, -0.2) is 56.1 Å². The second-order valence-electron chi connectivity index (χ2n) is 4.39. The molecule has 6 nitrogen and oxygen atoms in total. The predicted octanol–water partition coefficient (Wildman–Crippen LogP) is 1.42. The van der Waals surface area contributed by atoms with E-state index in [-0.39, 0.29) is 0 Å². The van der Waals surface area contributed by atoms with Crippen molar-refractivity contribution >= 4 is 17.7 Å². The molecule has 104 valence electrons. The molecule has 0 aromatic heterocycles. The molecule has 0 radical (unpaired) electrons. The standard InChI is InChI=1S/C13H20N4O2/c1-16(2)10-9-14-12(18)17(3)13(19)15-11-7-5-4-6-8-11/h4-8H,9-10H2,1-3H3,(H,14,18)(H,15,19). The number of anilines is 1. The van der Waals surface area contributed by atoms with E-state index in [0.29, 0.717) is 12.2 Å². The number of carbonyl (C=O) groups is 2. The third kappa shape index (κ3) is 5.39. The Labute approximate surface area is 113 Å². The van der Waals surface area contributed by atoms with Crippen molar-refractivity contribution in [1.82, 2.24) is 15.1 Å². The molecular formula is C13H20N4O2. The van der Waals surface area contributed by atoms with Gasteiger partial charge in [0.25, 0.3) is 0 Å². The first kappa shape index (κ1) is 15.0. The molecule has 19 heavy (non-hydrogen) atoms. The van der Waals surface area contributed by atoms with Crippen LogP contribution in [0.2, 0.25) is 0 Å². The number of rotatable bonds is 4. The number of nitrogens with one attached hydrogen (secondary N) is 2. The van der Waals surface area contributed by atoms with E-state index in [0.717, 1.165) is 11.4 Å². The van der Waals surface area contributed by atoms with E-state index in [1.807, 2.05) is 37.2 Å². The molecule has 0 aliphatic heterocycles. The first-order valence-corrected chi connectivity index (χ1v) is 6.03. The highest BCUT2D eigenvalue weighted by molar-refractivity contribution is 6.00. The Morgan fingerprint density at radius 1 is 1.05 bits per heavy atom. The second-order valence-corrected chi connectivity index (χ2v) is 4.39. The molecule has 0 fully saturated rings. The van der Waals surface area contributed by atoms with Gasteiger partial charge in [-0.3, -0.25) is 0 Å². The van der Waals surface area contributed by atoms with Gasteiger partial charge in [-0.1, -0.05) is 18.2 Å². The number of carbonyl (C=O) groups excluding carboxylic acids is 2. The maximum absolute atomic E-state index is 11.8. The van der Waals surface area contributed by atoms with Gasteiger partial charge in [0.05, 0.1) is 0 Å². The molecule has 0 aliphatic carbocycles. The molecule has 0 unspecified atom stereocenters. The Morgan fingerprint density at radius 2 is 1.68 bits per heavy atom. The van der Waals surface area contributed by atoms with Crippen LogP contribution in [0.1, 0.15) is 0 Å². The van der Waals surface area contributed by atoms with Crippen LogP contribution < -0.4 is 10.6 Å². The molecule has 0 saturated carbocycles. The van der Waals surface area contributed by atoms with Crippen molar-refractivity contribution in [2.75, 3.05) is 39.5 Å². The maximum Gasteiger partial charge on any atom is 0.329 e. The topological polar surface area (TPSA) is 64.7 Å². The van der Waals surface area contributed by atoms with Gasteiger partial charge in [-0.2, -0.15) is 0 Å². The predicted molar refractivity (Wildman–Crippen MR) is 75.2 cm³/mol. The fourth-order valence-electron chi connectivity index (χ4n) is 1.33. The van der Waals surface area contributed by atoms with Crippen LogP contribution in [0.15, 0.2) is 30.3 Å². The smallest absolute Gasteiger partial charge is 0.329 e. The summed E-state index contributed by atoms with van der Waals surface area (Å²) in [5.41, 5.74) is 0.653. The minimum absolute atomic E-state index is 0.421. The number of nitrogens with zero attached hydrogens (tertiary/aromatic N) is 2. The van der Waals surface area contributed by atoms with E-state index in [1.54, 1.807) is 12.1 Å². The van der Waals surface area contributed by atoms with Gasteiger partial charge >= 0.3 is 12.1 Å². The van der Waals surface area contributed by atoms with Crippen LogP contribution >= 0.6 is 0 Å². The summed E-state index contributed by atoms with van der Waals surface area (Å²) < 4.78 is 0. The summed E-state index contributed by atoms with van der Waals surface area (Å²) in [6, 6.07) is 8.11. The van der Waals surface area contributed by atoms with Crippen molar-refractivity contribution in [3.05, 3.63) is 30.3 Å². The van der Waals surface area contributed by atoms with E-state index in [9.17, 15) is 9.59 Å². The molecule has 0 saturated heterocycles. The fraction of sp³-hybridized carbons (Fsp3) is 0.385. The highest BCUT2D eigenvalue weighted by Crippen LogP contribution is 2.05. The van der Waals surface area contributed by atoms with Gasteiger partial charge in [0.2, 0.25) is 0 Å². The molecule has 1 aromatic carbocycles. The largest absolute Gasteiger partial charge is 0.336 e. The average molecular weight is 264 g/mol. The molecule has 0 heterocycles. The molecular weight excluding hydrogens is 244 g/mol. The first-order chi connectivity index (χ1) is 9.00. The highest BCUT2D eigenvalue weighted by atomic mass is 16.2. The molecule has 2 N–H and O–H groups in total. The molecule has 1 rings (SSSR count). The van der Waals surface area contributed by atoms with E-state index in [4.69, 9.17) is 0 Å². The highest BCUT2D eigenvalue weighted by Gasteiger charge is 2.15. The van der Waals surface area contributed by atoms with Crippen LogP contribution in [0.25, 0.3) is 0 Å². The van der Waals surface area contributed by atoms with Crippen LogP contribution in [0.3, 0.4) is 0 Å². The van der Waals surface area contributed by atoms with Gasteiger partial charge in [-0.15, -0.1) is 0 Å². The molecule has 1 aromatic rings. The number of hydrogen-bond acceptors (Lipinski definition) is 3. The van der Waals surface area contributed by atoms with Crippen molar-refractivity contribution in [2.45, 2.75) is 0 Å². The molecule has 0 aliphatic rings. The second kappa shape index (κ2) is 7.38. The SMILES string of the molecule is CN(C)CCNC(=O)N(C)C(=O)Nc1ccccc1. The molecule has 6 heteroatoms. The van der Waals surface area contributed by atoms with Crippen molar-refractivity contribution < 1.29 is 9.59 Å². The Hall–Kier alpha value is -2.08. The van der Waals surface area contributed by atoms with E-state index in [1.165, 1.54) is 7.05 Å².